The van der Waals surface area contributed by atoms with Crippen molar-refractivity contribution >= 4 is 23.3 Å². The molecule has 1 N–H and O–H groups in total. The predicted octanol–water partition coefficient (Wildman–Crippen LogP) is 2.85. The Morgan fingerprint density at radius 2 is 1.96 bits per heavy atom. The molecule has 2 heterocycles. The molecule has 0 unspecified atom stereocenters. The van der Waals surface area contributed by atoms with Crippen molar-refractivity contribution < 1.29 is 9.53 Å². The highest BCUT2D eigenvalue weighted by atomic mass is 35.5. The van der Waals surface area contributed by atoms with Crippen LogP contribution in [-0.2, 0) is 0 Å². The van der Waals surface area contributed by atoms with E-state index in [1.54, 1.807) is 24.3 Å². The molecule has 0 spiro atoms. The molecule has 1 aliphatic heterocycles. The van der Waals surface area contributed by atoms with Crippen molar-refractivity contribution in [3.8, 4) is 5.88 Å². The number of rotatable bonds is 6. The second kappa shape index (κ2) is 8.16. The Hall–Kier alpha value is -2.34. The van der Waals surface area contributed by atoms with E-state index < -0.39 is 0 Å². The highest BCUT2D eigenvalue weighted by Crippen LogP contribution is 2.21. The van der Waals surface area contributed by atoms with Gasteiger partial charge in [0.15, 0.2) is 0 Å². The fourth-order valence-electron chi connectivity index (χ4n) is 2.73. The van der Waals surface area contributed by atoms with Crippen LogP contribution in [0, 0.1) is 6.92 Å². The lowest BCUT2D eigenvalue weighted by Gasteiger charge is -2.17. The Kier molecular flexibility index (Phi) is 5.71. The number of aryl methyl sites for hydroxylation is 1. The van der Waals surface area contributed by atoms with Crippen molar-refractivity contribution in [1.29, 1.82) is 0 Å². The van der Waals surface area contributed by atoms with E-state index in [4.69, 9.17) is 16.3 Å². The van der Waals surface area contributed by atoms with Gasteiger partial charge in [-0.25, -0.2) is 4.98 Å². The van der Waals surface area contributed by atoms with Crippen molar-refractivity contribution in [2.75, 3.05) is 31.1 Å². The van der Waals surface area contributed by atoms with Gasteiger partial charge in [-0.05, 0) is 44.0 Å². The number of carbonyl (C=O) groups is 1. The first-order chi connectivity index (χ1) is 12.1. The maximum atomic E-state index is 12.0. The normalized spacial score (nSPS) is 13.8. The van der Waals surface area contributed by atoms with E-state index in [0.29, 0.717) is 35.4 Å². The topological polar surface area (TPSA) is 67.3 Å². The summed E-state index contributed by atoms with van der Waals surface area (Å²) in [6.07, 6.45) is 2.38. The second-order valence-electron chi connectivity index (χ2n) is 5.92. The van der Waals surface area contributed by atoms with Crippen LogP contribution in [0.1, 0.15) is 29.0 Å². The number of ether oxygens (including phenoxy) is 1. The Balaban J connectivity index is 1.50. The number of hydrogen-bond donors (Lipinski definition) is 1. The number of nitrogens with one attached hydrogen (secondary N) is 1. The minimum atomic E-state index is -0.156. The van der Waals surface area contributed by atoms with E-state index in [-0.39, 0.29) is 5.91 Å². The zero-order valence-corrected chi connectivity index (χ0v) is 14.9. The first-order valence-electron chi connectivity index (χ1n) is 8.39. The Labute approximate surface area is 152 Å². The lowest BCUT2D eigenvalue weighted by atomic mass is 10.2. The smallest absolute Gasteiger partial charge is 0.251 e. The van der Waals surface area contributed by atoms with Gasteiger partial charge in [0.1, 0.15) is 18.2 Å². The van der Waals surface area contributed by atoms with Gasteiger partial charge < -0.3 is 15.0 Å². The zero-order valence-electron chi connectivity index (χ0n) is 14.2. The Bertz CT molecular complexity index is 730. The van der Waals surface area contributed by atoms with Crippen LogP contribution in [0.5, 0.6) is 5.88 Å². The molecule has 0 saturated carbocycles. The van der Waals surface area contributed by atoms with Gasteiger partial charge in [0.05, 0.1) is 6.54 Å². The summed E-state index contributed by atoms with van der Waals surface area (Å²) >= 11 is 5.82. The van der Waals surface area contributed by atoms with E-state index in [1.807, 2.05) is 13.0 Å². The second-order valence-corrected chi connectivity index (χ2v) is 6.35. The average molecular weight is 361 g/mol. The average Bonchev–Trinajstić information content (AvgIpc) is 3.13. The monoisotopic (exact) mass is 360 g/mol. The van der Waals surface area contributed by atoms with Gasteiger partial charge in [0.2, 0.25) is 5.88 Å². The summed E-state index contributed by atoms with van der Waals surface area (Å²) in [7, 11) is 0. The summed E-state index contributed by atoms with van der Waals surface area (Å²) < 4.78 is 5.68. The standard InChI is InChI=1S/C18H21ClN4O2/c1-13-21-16(23-9-2-3-10-23)12-17(22-13)25-11-8-20-18(24)14-4-6-15(19)7-5-14/h4-7,12H,2-3,8-11H2,1H3,(H,20,24). The zero-order chi connectivity index (χ0) is 17.6. The lowest BCUT2D eigenvalue weighted by Crippen LogP contribution is -2.28. The third-order valence-electron chi connectivity index (χ3n) is 3.97. The molecule has 2 aromatic rings. The molecule has 1 aliphatic rings. The molecule has 25 heavy (non-hydrogen) atoms. The van der Waals surface area contributed by atoms with Crippen LogP contribution in [0.3, 0.4) is 0 Å². The van der Waals surface area contributed by atoms with Gasteiger partial charge in [0, 0.05) is 29.7 Å². The molecule has 0 aliphatic carbocycles. The summed E-state index contributed by atoms with van der Waals surface area (Å²) in [4.78, 5) is 23.0. The number of halogens is 1. The van der Waals surface area contributed by atoms with Crippen molar-refractivity contribution in [2.24, 2.45) is 0 Å². The molecule has 132 valence electrons. The van der Waals surface area contributed by atoms with E-state index in [0.717, 1.165) is 18.9 Å². The minimum absolute atomic E-state index is 0.156. The van der Waals surface area contributed by atoms with Gasteiger partial charge in [-0.2, -0.15) is 4.98 Å². The number of hydrogen-bond acceptors (Lipinski definition) is 5. The molecule has 0 bridgehead atoms. The van der Waals surface area contributed by atoms with Gasteiger partial charge in [-0.3, -0.25) is 4.79 Å². The largest absolute Gasteiger partial charge is 0.476 e. The molecule has 6 nitrogen and oxygen atoms in total. The van der Waals surface area contributed by atoms with Crippen LogP contribution in [0.2, 0.25) is 5.02 Å². The third-order valence-corrected chi connectivity index (χ3v) is 4.23. The summed E-state index contributed by atoms with van der Waals surface area (Å²) in [5, 5.41) is 3.42. The quantitative estimate of drug-likeness (QED) is 0.802. The highest BCUT2D eigenvalue weighted by molar-refractivity contribution is 6.30. The number of benzene rings is 1. The number of anilines is 1. The predicted molar refractivity (Wildman–Crippen MR) is 97.5 cm³/mol. The molecular weight excluding hydrogens is 340 g/mol. The molecule has 1 aromatic heterocycles. The maximum Gasteiger partial charge on any atom is 0.251 e. The molecule has 1 saturated heterocycles. The Morgan fingerprint density at radius 3 is 2.68 bits per heavy atom. The maximum absolute atomic E-state index is 12.0. The first kappa shape index (κ1) is 17.5. The van der Waals surface area contributed by atoms with Crippen LogP contribution in [0.15, 0.2) is 30.3 Å². The fourth-order valence-corrected chi connectivity index (χ4v) is 2.86. The molecule has 1 amide bonds. The van der Waals surface area contributed by atoms with Gasteiger partial charge >= 0.3 is 0 Å². The summed E-state index contributed by atoms with van der Waals surface area (Å²) in [5.74, 6) is 1.97. The van der Waals surface area contributed by atoms with Crippen LogP contribution >= 0.6 is 11.6 Å². The van der Waals surface area contributed by atoms with Crippen molar-refractivity contribution in [3.05, 3.63) is 46.7 Å². The number of amides is 1. The molecule has 0 radical (unpaired) electrons. The molecule has 7 heteroatoms. The van der Waals surface area contributed by atoms with E-state index in [1.165, 1.54) is 12.8 Å². The third kappa shape index (κ3) is 4.82. The summed E-state index contributed by atoms with van der Waals surface area (Å²) in [6.45, 7) is 4.63. The van der Waals surface area contributed by atoms with Crippen LogP contribution in [-0.4, -0.2) is 42.1 Å². The molecule has 0 atom stereocenters. The van der Waals surface area contributed by atoms with Crippen LogP contribution in [0.25, 0.3) is 0 Å². The minimum Gasteiger partial charge on any atom is -0.476 e. The van der Waals surface area contributed by atoms with Crippen LogP contribution in [0.4, 0.5) is 5.82 Å². The molecule has 1 aromatic carbocycles. The van der Waals surface area contributed by atoms with E-state index in [2.05, 4.69) is 20.2 Å². The molecule has 3 rings (SSSR count). The highest BCUT2D eigenvalue weighted by Gasteiger charge is 2.15. The van der Waals surface area contributed by atoms with E-state index in [9.17, 15) is 4.79 Å². The SMILES string of the molecule is Cc1nc(OCCNC(=O)c2ccc(Cl)cc2)cc(N2CCCC2)n1. The first-order valence-corrected chi connectivity index (χ1v) is 8.77. The number of carbonyl (C=O) groups excluding carboxylic acids is 1. The van der Waals surface area contributed by atoms with Crippen molar-refractivity contribution in [3.63, 3.8) is 0 Å². The van der Waals surface area contributed by atoms with Crippen molar-refractivity contribution in [2.45, 2.75) is 19.8 Å². The van der Waals surface area contributed by atoms with Crippen LogP contribution < -0.4 is 15.0 Å². The lowest BCUT2D eigenvalue weighted by molar-refractivity contribution is 0.0946. The summed E-state index contributed by atoms with van der Waals surface area (Å²) in [6, 6.07) is 8.62. The molecular formula is C18H21ClN4O2. The Morgan fingerprint density at radius 1 is 1.24 bits per heavy atom. The van der Waals surface area contributed by atoms with Gasteiger partial charge in [-0.15, -0.1) is 0 Å². The van der Waals surface area contributed by atoms with E-state index >= 15 is 0 Å². The molecule has 1 fully saturated rings. The summed E-state index contributed by atoms with van der Waals surface area (Å²) in [5.41, 5.74) is 0.568. The van der Waals surface area contributed by atoms with Crippen molar-refractivity contribution in [1.82, 2.24) is 15.3 Å². The fraction of sp³-hybridized carbons (Fsp3) is 0.389. The van der Waals surface area contributed by atoms with Gasteiger partial charge in [0.25, 0.3) is 5.91 Å². The number of nitrogens with zero attached hydrogens (tertiary/aromatic N) is 3. The van der Waals surface area contributed by atoms with Gasteiger partial charge in [-0.1, -0.05) is 11.6 Å². The number of aromatic nitrogens is 2.